The van der Waals surface area contributed by atoms with E-state index in [1.807, 2.05) is 0 Å². The van der Waals surface area contributed by atoms with Gasteiger partial charge in [0.25, 0.3) is 0 Å². The highest BCUT2D eigenvalue weighted by molar-refractivity contribution is 7.89. The average Bonchev–Trinajstić information content (AvgIpc) is 2.36. The number of hydrogen-bond acceptors (Lipinski definition) is 2. The van der Waals surface area contributed by atoms with Crippen LogP contribution in [0.4, 0.5) is 0 Å². The van der Waals surface area contributed by atoms with Gasteiger partial charge in [0.05, 0.1) is 5.75 Å². The van der Waals surface area contributed by atoms with Crippen LogP contribution >= 0.6 is 0 Å². The largest absolute Gasteiger partial charge is 0.212 e. The van der Waals surface area contributed by atoms with Crippen LogP contribution < -0.4 is 4.72 Å². The number of sulfonamides is 1. The van der Waals surface area contributed by atoms with E-state index in [1.54, 1.807) is 0 Å². The molecule has 1 saturated carbocycles. The van der Waals surface area contributed by atoms with E-state index < -0.39 is 10.0 Å². The average molecular weight is 231 g/mol. The number of fused-ring (bicyclic) bond motifs is 2. The molecule has 3 nitrogen and oxygen atoms in total. The summed E-state index contributed by atoms with van der Waals surface area (Å²) in [7, 11) is -3.00. The molecule has 1 N–H and O–H groups in total. The summed E-state index contributed by atoms with van der Waals surface area (Å²) >= 11 is 0. The lowest BCUT2D eigenvalue weighted by Gasteiger charge is -2.27. The first-order chi connectivity index (χ1) is 6.89. The summed E-state index contributed by atoms with van der Waals surface area (Å²) in [6.45, 7) is 4.54. The number of hydrogen-bond donors (Lipinski definition) is 1. The number of nitrogens with one attached hydrogen (secondary N) is 1. The Hall–Kier alpha value is -0.0900. The van der Waals surface area contributed by atoms with Crippen molar-refractivity contribution in [3.63, 3.8) is 0 Å². The van der Waals surface area contributed by atoms with Crippen molar-refractivity contribution in [2.24, 2.45) is 11.3 Å². The lowest BCUT2D eigenvalue weighted by atomic mass is 9.79. The summed E-state index contributed by atoms with van der Waals surface area (Å²) in [4.78, 5) is 0. The first-order valence-corrected chi connectivity index (χ1v) is 7.54. The Morgan fingerprint density at radius 1 is 1.27 bits per heavy atom. The van der Waals surface area contributed by atoms with Crippen LogP contribution in [0.1, 0.15) is 46.0 Å². The Labute approximate surface area is 92.7 Å². The minimum absolute atomic E-state index is 0.188. The second-order valence-electron chi connectivity index (χ2n) is 5.75. The Bertz CT molecular complexity index is 334. The quantitative estimate of drug-likeness (QED) is 0.692. The normalized spacial score (nSPS) is 39.1. The molecule has 4 heteroatoms. The van der Waals surface area contributed by atoms with Gasteiger partial charge >= 0.3 is 0 Å². The monoisotopic (exact) mass is 231 g/mol. The van der Waals surface area contributed by atoms with Gasteiger partial charge in [-0.15, -0.1) is 0 Å². The maximum absolute atomic E-state index is 11.7. The third-order valence-corrected chi connectivity index (χ3v) is 5.53. The van der Waals surface area contributed by atoms with E-state index in [0.717, 1.165) is 25.7 Å². The maximum Gasteiger partial charge on any atom is 0.211 e. The zero-order chi connectivity index (χ0) is 11.1. The third kappa shape index (κ3) is 2.53. The van der Waals surface area contributed by atoms with Crippen LogP contribution in [0.25, 0.3) is 0 Å². The molecule has 0 amide bonds. The molecule has 1 aliphatic carbocycles. The van der Waals surface area contributed by atoms with Gasteiger partial charge in [-0.2, -0.15) is 0 Å². The van der Waals surface area contributed by atoms with Crippen LogP contribution in [0.5, 0.6) is 0 Å². The van der Waals surface area contributed by atoms with Gasteiger partial charge < -0.3 is 0 Å². The van der Waals surface area contributed by atoms with Crippen molar-refractivity contribution in [3.05, 3.63) is 0 Å². The Morgan fingerprint density at radius 2 is 2.00 bits per heavy atom. The van der Waals surface area contributed by atoms with Crippen LogP contribution in [0, 0.1) is 11.3 Å². The van der Waals surface area contributed by atoms with E-state index >= 15 is 0 Å². The topological polar surface area (TPSA) is 46.2 Å². The van der Waals surface area contributed by atoms with Crippen LogP contribution in [0.2, 0.25) is 0 Å². The van der Waals surface area contributed by atoms with Gasteiger partial charge in [0, 0.05) is 6.04 Å². The Balaban J connectivity index is 2.17. The standard InChI is InChI=1S/C11H21NO2S/c1-11(2)8-10-7-9(11)5-3-4-6-15(13,14)12-10/h9-10,12H,3-8H2,1-2H3. The van der Waals surface area contributed by atoms with E-state index in [0.29, 0.717) is 17.1 Å². The smallest absolute Gasteiger partial charge is 0.211 e. The fraction of sp³-hybridized carbons (Fsp3) is 1.00. The van der Waals surface area contributed by atoms with Gasteiger partial charge in [0.2, 0.25) is 10.0 Å². The predicted octanol–water partition coefficient (Wildman–Crippen LogP) is 1.89. The van der Waals surface area contributed by atoms with Crippen molar-refractivity contribution in [1.29, 1.82) is 0 Å². The number of rotatable bonds is 0. The van der Waals surface area contributed by atoms with Crippen LogP contribution in [0.3, 0.4) is 0 Å². The van der Waals surface area contributed by atoms with Gasteiger partial charge in [-0.3, -0.25) is 0 Å². The molecule has 0 radical (unpaired) electrons. The van der Waals surface area contributed by atoms with E-state index in [2.05, 4.69) is 18.6 Å². The summed E-state index contributed by atoms with van der Waals surface area (Å²) in [5.74, 6) is 1.01. The molecule has 15 heavy (non-hydrogen) atoms. The molecule has 1 saturated heterocycles. The SMILES string of the molecule is CC1(C)CC2CC1CCCCS(=O)(=O)N2. The Kier molecular flexibility index (Phi) is 2.84. The minimum Gasteiger partial charge on any atom is -0.212 e. The molecule has 1 heterocycles. The van der Waals surface area contributed by atoms with Crippen LogP contribution in [0.15, 0.2) is 0 Å². The first kappa shape index (κ1) is 11.4. The van der Waals surface area contributed by atoms with Gasteiger partial charge in [0.15, 0.2) is 0 Å². The van der Waals surface area contributed by atoms with Crippen molar-refractivity contribution in [3.8, 4) is 0 Å². The molecule has 2 rings (SSSR count). The molecule has 2 unspecified atom stereocenters. The van der Waals surface area contributed by atoms with Gasteiger partial charge in [0.1, 0.15) is 0 Å². The van der Waals surface area contributed by atoms with Crippen molar-refractivity contribution in [1.82, 2.24) is 4.72 Å². The van der Waals surface area contributed by atoms with Gasteiger partial charge in [-0.1, -0.05) is 20.3 Å². The summed E-state index contributed by atoms with van der Waals surface area (Å²) in [6, 6.07) is 0.188. The molecule has 88 valence electrons. The predicted molar refractivity (Wildman–Crippen MR) is 61.1 cm³/mol. The summed E-state index contributed by atoms with van der Waals surface area (Å²) in [6.07, 6.45) is 5.10. The highest BCUT2D eigenvalue weighted by atomic mass is 32.2. The first-order valence-electron chi connectivity index (χ1n) is 5.89. The fourth-order valence-corrected chi connectivity index (χ4v) is 4.53. The second-order valence-corrected chi connectivity index (χ2v) is 7.63. The van der Waals surface area contributed by atoms with E-state index in [9.17, 15) is 8.42 Å². The van der Waals surface area contributed by atoms with Gasteiger partial charge in [-0.25, -0.2) is 13.1 Å². The molecule has 2 aliphatic rings. The molecule has 0 aromatic heterocycles. The zero-order valence-corrected chi connectivity index (χ0v) is 10.4. The van der Waals surface area contributed by atoms with E-state index in [-0.39, 0.29) is 6.04 Å². The lowest BCUT2D eigenvalue weighted by Crippen LogP contribution is -2.35. The Morgan fingerprint density at radius 3 is 2.73 bits per heavy atom. The lowest BCUT2D eigenvalue weighted by molar-refractivity contribution is 0.240. The molecule has 0 spiro atoms. The molecular weight excluding hydrogens is 210 g/mol. The van der Waals surface area contributed by atoms with E-state index in [4.69, 9.17) is 0 Å². The molecule has 2 atom stereocenters. The third-order valence-electron chi connectivity index (χ3n) is 4.01. The van der Waals surface area contributed by atoms with Crippen molar-refractivity contribution >= 4 is 10.0 Å². The van der Waals surface area contributed by atoms with Crippen molar-refractivity contribution in [2.45, 2.75) is 52.0 Å². The molecular formula is C11H21NO2S. The maximum atomic E-state index is 11.7. The zero-order valence-electron chi connectivity index (χ0n) is 9.62. The van der Waals surface area contributed by atoms with Crippen LogP contribution in [-0.4, -0.2) is 20.2 Å². The minimum atomic E-state index is -3.00. The van der Waals surface area contributed by atoms with E-state index in [1.165, 1.54) is 6.42 Å². The molecule has 2 fully saturated rings. The van der Waals surface area contributed by atoms with Crippen molar-refractivity contribution in [2.75, 3.05) is 5.75 Å². The van der Waals surface area contributed by atoms with Crippen molar-refractivity contribution < 1.29 is 8.42 Å². The summed E-state index contributed by atoms with van der Waals surface area (Å²) in [5, 5.41) is 0. The second kappa shape index (κ2) is 3.74. The fourth-order valence-electron chi connectivity index (χ4n) is 3.14. The highest BCUT2D eigenvalue weighted by Gasteiger charge is 2.41. The molecule has 0 aromatic carbocycles. The summed E-state index contributed by atoms with van der Waals surface area (Å²) in [5.41, 5.74) is 0.310. The molecule has 0 aromatic rings. The summed E-state index contributed by atoms with van der Waals surface area (Å²) < 4.78 is 26.2. The molecule has 1 aliphatic heterocycles. The van der Waals surface area contributed by atoms with Crippen LogP contribution in [-0.2, 0) is 10.0 Å². The highest BCUT2D eigenvalue weighted by Crippen LogP contribution is 2.45. The van der Waals surface area contributed by atoms with Gasteiger partial charge in [-0.05, 0) is 37.0 Å². The molecule has 2 bridgehead atoms.